The van der Waals surface area contributed by atoms with E-state index in [0.717, 1.165) is 48.5 Å². The molecule has 0 saturated carbocycles. The Morgan fingerprint density at radius 2 is 1.97 bits per heavy atom. The van der Waals surface area contributed by atoms with E-state index in [1.165, 1.54) is 19.2 Å². The molecule has 4 aromatic rings. The molecule has 0 radical (unpaired) electrons. The van der Waals surface area contributed by atoms with Crippen LogP contribution in [0.15, 0.2) is 59.7 Å². The Morgan fingerprint density at radius 1 is 1.09 bits per heavy atom. The quantitative estimate of drug-likeness (QED) is 0.472. The largest absolute Gasteiger partial charge is 0.444 e. The van der Waals surface area contributed by atoms with Gasteiger partial charge in [-0.25, -0.2) is 19.9 Å². The van der Waals surface area contributed by atoms with Gasteiger partial charge in [0.15, 0.2) is 17.9 Å². The number of nitrogens with one attached hydrogen (secondary N) is 1. The van der Waals surface area contributed by atoms with Crippen LogP contribution in [0.3, 0.4) is 0 Å². The third-order valence-electron chi connectivity index (χ3n) is 6.88. The van der Waals surface area contributed by atoms with Crippen LogP contribution >= 0.6 is 0 Å². The summed E-state index contributed by atoms with van der Waals surface area (Å²) in [5.41, 5.74) is 2.77. The van der Waals surface area contributed by atoms with Crippen molar-refractivity contribution in [3.05, 3.63) is 66.7 Å². The van der Waals surface area contributed by atoms with E-state index in [1.807, 2.05) is 24.3 Å². The van der Waals surface area contributed by atoms with Crippen LogP contribution in [0.5, 0.6) is 0 Å². The molecular formula is C25H24N6O2. The van der Waals surface area contributed by atoms with Crippen LogP contribution in [0.2, 0.25) is 0 Å². The molecule has 33 heavy (non-hydrogen) atoms. The molecule has 0 aliphatic carbocycles. The molecule has 0 atom stereocenters. The molecule has 2 saturated heterocycles. The SMILES string of the molecule is O=C(Cc1ncc2ccc(-c3cnco3)cc2n1)c1ccnc(N2CCC3(CC2)CNC3)c1. The van der Waals surface area contributed by atoms with E-state index in [2.05, 4.69) is 30.2 Å². The van der Waals surface area contributed by atoms with Crippen molar-refractivity contribution in [2.45, 2.75) is 19.3 Å². The number of benzene rings is 1. The number of ketones is 1. The smallest absolute Gasteiger partial charge is 0.181 e. The van der Waals surface area contributed by atoms with Crippen molar-refractivity contribution in [2.24, 2.45) is 5.41 Å². The summed E-state index contributed by atoms with van der Waals surface area (Å²) >= 11 is 0. The van der Waals surface area contributed by atoms with Gasteiger partial charge in [0.1, 0.15) is 11.6 Å². The first-order valence-corrected chi connectivity index (χ1v) is 11.3. The van der Waals surface area contributed by atoms with Gasteiger partial charge in [0.05, 0.1) is 18.1 Å². The Balaban J connectivity index is 1.19. The van der Waals surface area contributed by atoms with E-state index in [4.69, 9.17) is 4.42 Å². The summed E-state index contributed by atoms with van der Waals surface area (Å²) in [6.45, 7) is 4.21. The first kappa shape index (κ1) is 20.0. The van der Waals surface area contributed by atoms with Gasteiger partial charge in [-0.1, -0.05) is 12.1 Å². The number of carbonyl (C=O) groups excluding carboxylic acids is 1. The highest BCUT2D eigenvalue weighted by molar-refractivity contribution is 5.98. The van der Waals surface area contributed by atoms with E-state index in [0.29, 0.717) is 22.6 Å². The second kappa shape index (κ2) is 8.04. The second-order valence-electron chi connectivity index (χ2n) is 9.02. The minimum absolute atomic E-state index is 0.0129. The zero-order valence-electron chi connectivity index (χ0n) is 18.2. The molecule has 2 aliphatic rings. The molecule has 1 aromatic carbocycles. The van der Waals surface area contributed by atoms with E-state index >= 15 is 0 Å². The van der Waals surface area contributed by atoms with Gasteiger partial charge in [-0.3, -0.25) is 4.79 Å². The van der Waals surface area contributed by atoms with Crippen molar-refractivity contribution in [2.75, 3.05) is 31.1 Å². The number of anilines is 1. The highest BCUT2D eigenvalue weighted by Crippen LogP contribution is 2.36. The summed E-state index contributed by atoms with van der Waals surface area (Å²) in [5.74, 6) is 2.04. The van der Waals surface area contributed by atoms with Crippen molar-refractivity contribution in [1.82, 2.24) is 25.3 Å². The topological polar surface area (TPSA) is 97.0 Å². The fourth-order valence-corrected chi connectivity index (χ4v) is 4.71. The first-order valence-electron chi connectivity index (χ1n) is 11.3. The van der Waals surface area contributed by atoms with Gasteiger partial charge < -0.3 is 14.6 Å². The van der Waals surface area contributed by atoms with Gasteiger partial charge in [-0.15, -0.1) is 0 Å². The third-order valence-corrected chi connectivity index (χ3v) is 6.88. The fraction of sp³-hybridized carbons (Fsp3) is 0.320. The van der Waals surface area contributed by atoms with Gasteiger partial charge in [-0.2, -0.15) is 0 Å². The van der Waals surface area contributed by atoms with Crippen LogP contribution in [0, 0.1) is 5.41 Å². The number of piperidine rings is 1. The van der Waals surface area contributed by atoms with E-state index in [-0.39, 0.29) is 12.2 Å². The number of fused-ring (bicyclic) bond motifs is 1. The highest BCUT2D eigenvalue weighted by atomic mass is 16.3. The van der Waals surface area contributed by atoms with Crippen LogP contribution < -0.4 is 10.2 Å². The lowest BCUT2D eigenvalue weighted by Gasteiger charge is -2.48. The molecule has 2 fully saturated rings. The maximum atomic E-state index is 13.0. The Hall–Kier alpha value is -3.65. The number of Topliss-reactive ketones (excluding diaryl/α,β-unsaturated/α-hetero) is 1. The minimum atomic E-state index is -0.0129. The Kier molecular flexibility index (Phi) is 4.87. The summed E-state index contributed by atoms with van der Waals surface area (Å²) < 4.78 is 5.38. The van der Waals surface area contributed by atoms with Crippen LogP contribution in [-0.2, 0) is 6.42 Å². The van der Waals surface area contributed by atoms with Crippen LogP contribution in [0.4, 0.5) is 5.82 Å². The molecular weight excluding hydrogens is 416 g/mol. The lowest BCUT2D eigenvalue weighted by Crippen LogP contribution is -2.58. The summed E-state index contributed by atoms with van der Waals surface area (Å²) in [7, 11) is 0. The van der Waals surface area contributed by atoms with Gasteiger partial charge in [0.2, 0.25) is 0 Å². The third kappa shape index (κ3) is 3.87. The van der Waals surface area contributed by atoms with Crippen molar-refractivity contribution in [3.63, 3.8) is 0 Å². The van der Waals surface area contributed by atoms with Gasteiger partial charge in [0.25, 0.3) is 0 Å². The molecule has 3 aromatic heterocycles. The molecule has 166 valence electrons. The minimum Gasteiger partial charge on any atom is -0.444 e. The fourth-order valence-electron chi connectivity index (χ4n) is 4.71. The van der Waals surface area contributed by atoms with E-state index in [1.54, 1.807) is 24.7 Å². The number of nitrogens with zero attached hydrogens (tertiary/aromatic N) is 5. The monoisotopic (exact) mass is 440 g/mol. The number of hydrogen-bond donors (Lipinski definition) is 1. The van der Waals surface area contributed by atoms with Crippen molar-refractivity contribution >= 4 is 22.5 Å². The highest BCUT2D eigenvalue weighted by Gasteiger charge is 2.39. The molecule has 1 N–H and O–H groups in total. The molecule has 0 amide bonds. The number of oxazole rings is 1. The molecule has 5 heterocycles. The van der Waals surface area contributed by atoms with Crippen LogP contribution in [0.25, 0.3) is 22.2 Å². The van der Waals surface area contributed by atoms with Gasteiger partial charge in [-0.05, 0) is 36.5 Å². The lowest BCUT2D eigenvalue weighted by atomic mass is 9.73. The average Bonchev–Trinajstić information content (AvgIpc) is 3.38. The number of pyridine rings is 1. The van der Waals surface area contributed by atoms with Crippen LogP contribution in [0.1, 0.15) is 29.0 Å². The molecule has 8 nitrogen and oxygen atoms in total. The van der Waals surface area contributed by atoms with Crippen LogP contribution in [-0.4, -0.2) is 51.9 Å². The van der Waals surface area contributed by atoms with Crippen molar-refractivity contribution < 1.29 is 9.21 Å². The molecule has 0 unspecified atom stereocenters. The number of hydrogen-bond acceptors (Lipinski definition) is 8. The number of aromatic nitrogens is 4. The molecule has 1 spiro atoms. The van der Waals surface area contributed by atoms with Gasteiger partial charge in [0, 0.05) is 55.1 Å². The Morgan fingerprint density at radius 3 is 2.73 bits per heavy atom. The number of carbonyl (C=O) groups is 1. The second-order valence-corrected chi connectivity index (χ2v) is 9.02. The zero-order valence-corrected chi connectivity index (χ0v) is 18.2. The normalized spacial score (nSPS) is 17.3. The zero-order chi connectivity index (χ0) is 22.3. The van der Waals surface area contributed by atoms with Crippen molar-refractivity contribution in [1.29, 1.82) is 0 Å². The number of rotatable bonds is 5. The maximum Gasteiger partial charge on any atom is 0.181 e. The van der Waals surface area contributed by atoms with Gasteiger partial charge >= 0.3 is 0 Å². The summed E-state index contributed by atoms with van der Waals surface area (Å²) in [6, 6.07) is 9.49. The predicted octanol–water partition coefficient (Wildman–Crippen LogP) is 3.30. The molecule has 8 heteroatoms. The lowest BCUT2D eigenvalue weighted by molar-refractivity contribution is 0.0990. The maximum absolute atomic E-state index is 13.0. The Labute approximate surface area is 191 Å². The standard InChI is InChI=1S/C25H24N6O2/c32-21(17-3-6-28-24(10-17)31-7-4-25(5-8-31)14-27-15-25)11-23-29-12-19-2-1-18(9-20(19)30-23)22-13-26-16-33-22/h1-3,6,9-10,12-13,16,27H,4-5,7-8,11,14-15H2. The average molecular weight is 441 g/mol. The molecule has 2 aliphatic heterocycles. The van der Waals surface area contributed by atoms with E-state index < -0.39 is 0 Å². The molecule has 6 rings (SSSR count). The van der Waals surface area contributed by atoms with E-state index in [9.17, 15) is 4.79 Å². The summed E-state index contributed by atoms with van der Waals surface area (Å²) in [5, 5.41) is 4.30. The summed E-state index contributed by atoms with van der Waals surface area (Å²) in [6.07, 6.45) is 9.02. The first-order chi connectivity index (χ1) is 16.2. The Bertz CT molecular complexity index is 1310. The molecule has 0 bridgehead atoms. The summed E-state index contributed by atoms with van der Waals surface area (Å²) in [4.78, 5) is 32.9. The van der Waals surface area contributed by atoms with Crippen molar-refractivity contribution in [3.8, 4) is 11.3 Å². The predicted molar refractivity (Wildman–Crippen MR) is 124 cm³/mol.